The first-order valence-electron chi connectivity index (χ1n) is 6.84. The predicted molar refractivity (Wildman–Crippen MR) is 78.5 cm³/mol. The van der Waals surface area contributed by atoms with E-state index in [9.17, 15) is 4.79 Å². The van der Waals surface area contributed by atoms with Crippen molar-refractivity contribution in [2.24, 2.45) is 0 Å². The zero-order valence-corrected chi connectivity index (χ0v) is 12.9. The number of aromatic nitrogens is 1. The topological polar surface area (TPSA) is 62.7 Å². The second-order valence-corrected chi connectivity index (χ2v) is 5.53. The minimum Gasteiger partial charge on any atom is -0.396 e. The van der Waals surface area contributed by atoms with E-state index in [0.717, 1.165) is 12.8 Å². The molecule has 0 aliphatic carbocycles. The Morgan fingerprint density at radius 1 is 1.50 bits per heavy atom. The highest BCUT2D eigenvalue weighted by atomic mass is 79.9. The maximum absolute atomic E-state index is 12.4. The number of hydrogen-bond donors (Lipinski definition) is 1. The number of amides is 1. The molecule has 1 saturated heterocycles. The summed E-state index contributed by atoms with van der Waals surface area (Å²) in [6, 6.07) is 3.55. The molecular weight excluding hydrogens is 324 g/mol. The molecule has 0 atom stereocenters. The number of pyridine rings is 1. The third kappa shape index (κ3) is 4.01. The van der Waals surface area contributed by atoms with E-state index in [-0.39, 0.29) is 18.6 Å². The van der Waals surface area contributed by atoms with Gasteiger partial charge in [-0.2, -0.15) is 0 Å². The minimum atomic E-state index is 0.0128. The number of hydrogen-bond acceptors (Lipinski definition) is 4. The molecule has 1 aromatic rings. The quantitative estimate of drug-likeness (QED) is 0.655. The Hall–Kier alpha value is -0.980. The molecule has 1 fully saturated rings. The number of piperidine rings is 1. The van der Waals surface area contributed by atoms with Crippen LogP contribution in [0.3, 0.4) is 0 Å². The fourth-order valence-electron chi connectivity index (χ4n) is 2.26. The summed E-state index contributed by atoms with van der Waals surface area (Å²) < 4.78 is 6.25. The van der Waals surface area contributed by atoms with Crippen LogP contribution in [0.5, 0.6) is 0 Å². The van der Waals surface area contributed by atoms with E-state index in [2.05, 4.69) is 20.9 Å². The molecular formula is C14H19BrN2O3. The summed E-state index contributed by atoms with van der Waals surface area (Å²) >= 11 is 3.31. The van der Waals surface area contributed by atoms with E-state index in [1.54, 1.807) is 18.3 Å². The lowest BCUT2D eigenvalue weighted by Crippen LogP contribution is -2.41. The van der Waals surface area contributed by atoms with Crippen LogP contribution in [-0.4, -0.2) is 53.3 Å². The van der Waals surface area contributed by atoms with Gasteiger partial charge in [-0.3, -0.25) is 4.79 Å². The highest BCUT2D eigenvalue weighted by Gasteiger charge is 2.25. The number of likely N-dealkylation sites (tertiary alicyclic amines) is 1. The average Bonchev–Trinajstić information content (AvgIpc) is 2.48. The number of aliphatic hydroxyl groups is 1. The monoisotopic (exact) mass is 342 g/mol. The van der Waals surface area contributed by atoms with Crippen LogP contribution in [0.2, 0.25) is 0 Å². The molecule has 1 aliphatic rings. The molecule has 20 heavy (non-hydrogen) atoms. The maximum atomic E-state index is 12.4. The fraction of sp³-hybridized carbons (Fsp3) is 0.571. The lowest BCUT2D eigenvalue weighted by molar-refractivity contribution is 0.00394. The first kappa shape index (κ1) is 15.4. The van der Waals surface area contributed by atoms with Crippen molar-refractivity contribution in [1.82, 2.24) is 9.88 Å². The molecule has 6 heteroatoms. The average molecular weight is 343 g/mol. The molecule has 0 unspecified atom stereocenters. The molecule has 1 aromatic heterocycles. The van der Waals surface area contributed by atoms with Crippen molar-refractivity contribution < 1.29 is 14.6 Å². The number of ether oxygens (including phenoxy) is 1. The van der Waals surface area contributed by atoms with Gasteiger partial charge in [-0.1, -0.05) is 0 Å². The Bertz CT molecular complexity index is 448. The van der Waals surface area contributed by atoms with Crippen LogP contribution in [-0.2, 0) is 4.74 Å². The number of aliphatic hydroxyl groups excluding tert-OH is 1. The number of rotatable bonds is 5. The molecule has 0 saturated carbocycles. The molecule has 1 aliphatic heterocycles. The van der Waals surface area contributed by atoms with Gasteiger partial charge in [0.2, 0.25) is 0 Å². The van der Waals surface area contributed by atoms with Gasteiger partial charge in [-0.25, -0.2) is 4.98 Å². The Kier molecular flexibility index (Phi) is 5.94. The Morgan fingerprint density at radius 2 is 2.25 bits per heavy atom. The second-order valence-electron chi connectivity index (χ2n) is 4.78. The highest BCUT2D eigenvalue weighted by molar-refractivity contribution is 9.10. The molecule has 2 heterocycles. The molecule has 0 bridgehead atoms. The van der Waals surface area contributed by atoms with Gasteiger partial charge < -0.3 is 14.7 Å². The maximum Gasteiger partial charge on any atom is 0.256 e. The van der Waals surface area contributed by atoms with Crippen molar-refractivity contribution in [2.75, 3.05) is 26.3 Å². The van der Waals surface area contributed by atoms with Gasteiger partial charge in [-0.05, 0) is 47.3 Å². The van der Waals surface area contributed by atoms with Gasteiger partial charge in [0.1, 0.15) is 4.60 Å². The SMILES string of the molecule is O=C(c1cccnc1Br)N1CCC(OCCCO)CC1. The van der Waals surface area contributed by atoms with E-state index in [1.807, 2.05) is 4.90 Å². The van der Waals surface area contributed by atoms with E-state index < -0.39 is 0 Å². The van der Waals surface area contributed by atoms with Gasteiger partial charge in [0.25, 0.3) is 5.91 Å². The highest BCUT2D eigenvalue weighted by Crippen LogP contribution is 2.19. The van der Waals surface area contributed by atoms with Crippen molar-refractivity contribution >= 4 is 21.8 Å². The van der Waals surface area contributed by atoms with E-state index in [4.69, 9.17) is 9.84 Å². The van der Waals surface area contributed by atoms with Crippen LogP contribution in [0.25, 0.3) is 0 Å². The van der Waals surface area contributed by atoms with Gasteiger partial charge in [0, 0.05) is 32.5 Å². The summed E-state index contributed by atoms with van der Waals surface area (Å²) in [5.41, 5.74) is 0.604. The number of nitrogens with zero attached hydrogens (tertiary/aromatic N) is 2. The van der Waals surface area contributed by atoms with E-state index in [0.29, 0.717) is 36.3 Å². The van der Waals surface area contributed by atoms with E-state index >= 15 is 0 Å². The van der Waals surface area contributed by atoms with Crippen LogP contribution in [0, 0.1) is 0 Å². The van der Waals surface area contributed by atoms with E-state index in [1.165, 1.54) is 0 Å². The summed E-state index contributed by atoms with van der Waals surface area (Å²) in [4.78, 5) is 18.3. The first-order chi connectivity index (χ1) is 9.72. The zero-order chi connectivity index (χ0) is 14.4. The Labute approximate surface area is 127 Å². The van der Waals surface area contributed by atoms with Crippen LogP contribution in [0.15, 0.2) is 22.9 Å². The molecule has 0 aromatic carbocycles. The van der Waals surface area contributed by atoms with Crippen molar-refractivity contribution in [3.63, 3.8) is 0 Å². The van der Waals surface area contributed by atoms with Crippen molar-refractivity contribution in [1.29, 1.82) is 0 Å². The summed E-state index contributed by atoms with van der Waals surface area (Å²) in [5, 5.41) is 8.72. The smallest absolute Gasteiger partial charge is 0.256 e. The largest absolute Gasteiger partial charge is 0.396 e. The van der Waals surface area contributed by atoms with Gasteiger partial charge in [0.05, 0.1) is 11.7 Å². The third-order valence-corrected chi connectivity index (χ3v) is 4.01. The molecule has 1 N–H and O–H groups in total. The second kappa shape index (κ2) is 7.71. The first-order valence-corrected chi connectivity index (χ1v) is 7.64. The Morgan fingerprint density at radius 3 is 2.90 bits per heavy atom. The molecule has 1 amide bonds. The summed E-state index contributed by atoms with van der Waals surface area (Å²) in [6.07, 6.45) is 4.21. The van der Waals surface area contributed by atoms with Crippen LogP contribution < -0.4 is 0 Å². The zero-order valence-electron chi connectivity index (χ0n) is 11.3. The van der Waals surface area contributed by atoms with Gasteiger partial charge >= 0.3 is 0 Å². The number of carbonyl (C=O) groups excluding carboxylic acids is 1. The molecule has 5 nitrogen and oxygen atoms in total. The predicted octanol–water partition coefficient (Wildman–Crippen LogP) is 1.85. The van der Waals surface area contributed by atoms with Crippen LogP contribution >= 0.6 is 15.9 Å². The number of carbonyl (C=O) groups is 1. The minimum absolute atomic E-state index is 0.0128. The lowest BCUT2D eigenvalue weighted by atomic mass is 10.1. The standard InChI is InChI=1S/C14H19BrN2O3/c15-13-12(3-1-6-16-13)14(19)17-7-4-11(5-8-17)20-10-2-9-18/h1,3,6,11,18H,2,4-5,7-10H2. The molecule has 0 spiro atoms. The summed E-state index contributed by atoms with van der Waals surface area (Å²) in [7, 11) is 0. The van der Waals surface area contributed by atoms with Gasteiger partial charge in [-0.15, -0.1) is 0 Å². The molecule has 110 valence electrons. The normalized spacial score (nSPS) is 16.4. The summed E-state index contributed by atoms with van der Waals surface area (Å²) in [6.45, 7) is 2.14. The lowest BCUT2D eigenvalue weighted by Gasteiger charge is -2.32. The fourth-order valence-corrected chi connectivity index (χ4v) is 2.68. The van der Waals surface area contributed by atoms with Crippen molar-refractivity contribution in [3.05, 3.63) is 28.5 Å². The molecule has 0 radical (unpaired) electrons. The van der Waals surface area contributed by atoms with Crippen LogP contribution in [0.4, 0.5) is 0 Å². The number of halogens is 1. The van der Waals surface area contributed by atoms with Crippen molar-refractivity contribution in [3.8, 4) is 0 Å². The van der Waals surface area contributed by atoms with Crippen LogP contribution in [0.1, 0.15) is 29.6 Å². The van der Waals surface area contributed by atoms with Crippen molar-refractivity contribution in [2.45, 2.75) is 25.4 Å². The van der Waals surface area contributed by atoms with Gasteiger partial charge in [0.15, 0.2) is 0 Å². The third-order valence-electron chi connectivity index (χ3n) is 3.37. The molecule has 2 rings (SSSR count). The summed E-state index contributed by atoms with van der Waals surface area (Å²) in [5.74, 6) is 0.0128. The Balaban J connectivity index is 1.85.